The molecule has 1 aliphatic rings. The minimum atomic E-state index is 0.111. The number of amides is 1. The van der Waals surface area contributed by atoms with Crippen LogP contribution in [-0.4, -0.2) is 33.3 Å². The highest BCUT2D eigenvalue weighted by Crippen LogP contribution is 2.17. The molecule has 122 valence electrons. The molecule has 1 aromatic carbocycles. The van der Waals surface area contributed by atoms with Crippen LogP contribution < -0.4 is 4.74 Å². The lowest BCUT2D eigenvalue weighted by Crippen LogP contribution is -2.27. The number of fused-ring (bicyclic) bond motifs is 1. The lowest BCUT2D eigenvalue weighted by Gasteiger charge is -2.15. The fourth-order valence-electron chi connectivity index (χ4n) is 3.01. The van der Waals surface area contributed by atoms with E-state index in [0.29, 0.717) is 6.61 Å². The second kappa shape index (κ2) is 6.35. The van der Waals surface area contributed by atoms with Crippen molar-refractivity contribution in [2.45, 2.75) is 19.4 Å². The molecule has 0 unspecified atom stereocenters. The zero-order valence-corrected chi connectivity index (χ0v) is 13.4. The highest BCUT2D eigenvalue weighted by atomic mass is 16.5. The van der Waals surface area contributed by atoms with Gasteiger partial charge in [-0.3, -0.25) is 4.79 Å². The Labute approximate surface area is 140 Å². The molecular weight excluding hydrogens is 302 g/mol. The number of carbonyl (C=O) groups is 1. The van der Waals surface area contributed by atoms with Gasteiger partial charge >= 0.3 is 0 Å². The van der Waals surface area contributed by atoms with Crippen LogP contribution in [0.2, 0.25) is 0 Å². The largest absolute Gasteiger partial charge is 0.487 e. The molecule has 1 aliphatic heterocycles. The number of aromatic nitrogens is 2. The maximum atomic E-state index is 12.3. The number of ether oxygens (including phenoxy) is 1. The summed E-state index contributed by atoms with van der Waals surface area (Å²) < 4.78 is 7.75. The van der Waals surface area contributed by atoms with Gasteiger partial charge in [-0.2, -0.15) is 0 Å². The summed E-state index contributed by atoms with van der Waals surface area (Å²) in [7, 11) is 0. The Morgan fingerprint density at radius 1 is 1.08 bits per heavy atom. The zero-order valence-electron chi connectivity index (χ0n) is 13.4. The van der Waals surface area contributed by atoms with Gasteiger partial charge < -0.3 is 14.0 Å². The molecule has 3 heterocycles. The maximum absolute atomic E-state index is 12.3. The van der Waals surface area contributed by atoms with E-state index in [1.54, 1.807) is 0 Å². The molecule has 0 atom stereocenters. The summed E-state index contributed by atoms with van der Waals surface area (Å²) in [5, 5.41) is 0. The van der Waals surface area contributed by atoms with Gasteiger partial charge in [-0.05, 0) is 49.2 Å². The van der Waals surface area contributed by atoms with Crippen molar-refractivity contribution in [3.05, 3.63) is 66.1 Å². The molecule has 5 heteroatoms. The highest BCUT2D eigenvalue weighted by molar-refractivity contribution is 5.94. The van der Waals surface area contributed by atoms with E-state index in [-0.39, 0.29) is 5.91 Å². The molecule has 5 nitrogen and oxygen atoms in total. The average molecular weight is 321 g/mol. The number of likely N-dealkylation sites (tertiary alicyclic amines) is 1. The van der Waals surface area contributed by atoms with Gasteiger partial charge in [-0.1, -0.05) is 6.07 Å². The first-order valence-corrected chi connectivity index (χ1v) is 8.24. The molecule has 0 saturated carbocycles. The van der Waals surface area contributed by atoms with E-state index in [0.717, 1.165) is 48.6 Å². The fraction of sp³-hybridized carbons (Fsp3) is 0.263. The number of imidazole rings is 1. The van der Waals surface area contributed by atoms with Crippen LogP contribution in [0.1, 0.15) is 28.9 Å². The van der Waals surface area contributed by atoms with Crippen molar-refractivity contribution in [1.82, 2.24) is 14.3 Å². The van der Waals surface area contributed by atoms with E-state index in [1.165, 1.54) is 0 Å². The Morgan fingerprint density at radius 2 is 1.88 bits per heavy atom. The van der Waals surface area contributed by atoms with Gasteiger partial charge in [0.05, 0.1) is 5.69 Å². The number of carbonyl (C=O) groups excluding carboxylic acids is 1. The third-order valence-electron chi connectivity index (χ3n) is 4.30. The Bertz CT molecular complexity index is 815. The van der Waals surface area contributed by atoms with Crippen LogP contribution in [0.4, 0.5) is 0 Å². The highest BCUT2D eigenvalue weighted by Gasteiger charge is 2.19. The summed E-state index contributed by atoms with van der Waals surface area (Å²) >= 11 is 0. The number of nitrogens with zero attached hydrogens (tertiary/aromatic N) is 3. The summed E-state index contributed by atoms with van der Waals surface area (Å²) in [4.78, 5) is 18.7. The van der Waals surface area contributed by atoms with Gasteiger partial charge in [0.15, 0.2) is 0 Å². The lowest BCUT2D eigenvalue weighted by atomic mass is 10.2. The van der Waals surface area contributed by atoms with Crippen molar-refractivity contribution < 1.29 is 9.53 Å². The maximum Gasteiger partial charge on any atom is 0.253 e. The molecular formula is C19H19N3O2. The van der Waals surface area contributed by atoms with E-state index in [4.69, 9.17) is 4.74 Å². The predicted octanol–water partition coefficient (Wildman–Crippen LogP) is 3.15. The first-order valence-electron chi connectivity index (χ1n) is 8.24. The van der Waals surface area contributed by atoms with E-state index in [9.17, 15) is 4.79 Å². The molecule has 1 fully saturated rings. The number of benzene rings is 1. The third-order valence-corrected chi connectivity index (χ3v) is 4.30. The van der Waals surface area contributed by atoms with Crippen molar-refractivity contribution >= 4 is 11.6 Å². The molecule has 0 aliphatic carbocycles. The number of hydrogen-bond acceptors (Lipinski definition) is 3. The standard InChI is InChI=1S/C19H19N3O2/c23-19(21-10-3-4-11-21)15-6-8-17(9-7-15)24-14-16-13-22-12-2-1-5-18(22)20-16/h1-2,5-9,12-13H,3-4,10-11,14H2. The quantitative estimate of drug-likeness (QED) is 0.741. The topological polar surface area (TPSA) is 46.8 Å². The molecule has 3 aromatic rings. The van der Waals surface area contributed by atoms with E-state index in [1.807, 2.05) is 64.2 Å². The van der Waals surface area contributed by atoms with Gasteiger partial charge in [-0.15, -0.1) is 0 Å². The first-order chi connectivity index (χ1) is 11.8. The lowest BCUT2D eigenvalue weighted by molar-refractivity contribution is 0.0793. The third kappa shape index (κ3) is 2.97. The van der Waals surface area contributed by atoms with Crippen LogP contribution in [0.5, 0.6) is 5.75 Å². The first kappa shape index (κ1) is 14.8. The van der Waals surface area contributed by atoms with E-state index < -0.39 is 0 Å². The minimum Gasteiger partial charge on any atom is -0.487 e. The van der Waals surface area contributed by atoms with Crippen molar-refractivity contribution in [3.63, 3.8) is 0 Å². The Morgan fingerprint density at radius 3 is 2.62 bits per heavy atom. The predicted molar refractivity (Wildman–Crippen MR) is 91.1 cm³/mol. The normalized spacial score (nSPS) is 14.2. The molecule has 4 rings (SSSR count). The van der Waals surface area contributed by atoms with Gasteiger partial charge in [0.2, 0.25) is 0 Å². The van der Waals surface area contributed by atoms with Crippen LogP contribution in [0, 0.1) is 0 Å². The van der Waals surface area contributed by atoms with E-state index >= 15 is 0 Å². The zero-order chi connectivity index (χ0) is 16.4. The molecule has 0 N–H and O–H groups in total. The number of rotatable bonds is 4. The molecule has 1 amide bonds. The van der Waals surface area contributed by atoms with Crippen LogP contribution in [0.15, 0.2) is 54.9 Å². The Balaban J connectivity index is 1.40. The van der Waals surface area contributed by atoms with Crippen molar-refractivity contribution in [2.75, 3.05) is 13.1 Å². The van der Waals surface area contributed by atoms with Gasteiger partial charge in [0, 0.05) is 31.0 Å². The molecule has 24 heavy (non-hydrogen) atoms. The number of pyridine rings is 1. The van der Waals surface area contributed by atoms with Crippen LogP contribution in [0.3, 0.4) is 0 Å². The second-order valence-corrected chi connectivity index (χ2v) is 6.01. The smallest absolute Gasteiger partial charge is 0.253 e. The summed E-state index contributed by atoms with van der Waals surface area (Å²) in [6.45, 7) is 2.14. The minimum absolute atomic E-state index is 0.111. The van der Waals surface area contributed by atoms with Crippen LogP contribution >= 0.6 is 0 Å². The fourth-order valence-corrected chi connectivity index (χ4v) is 3.01. The summed E-state index contributed by atoms with van der Waals surface area (Å²) in [6, 6.07) is 13.2. The monoisotopic (exact) mass is 321 g/mol. The van der Waals surface area contributed by atoms with E-state index in [2.05, 4.69) is 4.98 Å². The van der Waals surface area contributed by atoms with Gasteiger partial charge in [-0.25, -0.2) is 4.98 Å². The van der Waals surface area contributed by atoms with Crippen LogP contribution in [0.25, 0.3) is 5.65 Å². The summed E-state index contributed by atoms with van der Waals surface area (Å²) in [6.07, 6.45) is 6.13. The SMILES string of the molecule is O=C(c1ccc(OCc2cn3ccccc3n2)cc1)N1CCCC1. The number of hydrogen-bond donors (Lipinski definition) is 0. The Kier molecular flexibility index (Phi) is 3.91. The van der Waals surface area contributed by atoms with Gasteiger partial charge in [0.25, 0.3) is 5.91 Å². The van der Waals surface area contributed by atoms with Crippen molar-refractivity contribution in [3.8, 4) is 5.75 Å². The summed E-state index contributed by atoms with van der Waals surface area (Å²) in [5.74, 6) is 0.851. The second-order valence-electron chi connectivity index (χ2n) is 6.01. The molecule has 2 aromatic heterocycles. The summed E-state index contributed by atoms with van der Waals surface area (Å²) in [5.41, 5.74) is 2.50. The average Bonchev–Trinajstić information content (AvgIpc) is 3.29. The molecule has 0 bridgehead atoms. The Hall–Kier alpha value is -2.82. The van der Waals surface area contributed by atoms with Crippen molar-refractivity contribution in [2.24, 2.45) is 0 Å². The van der Waals surface area contributed by atoms with Crippen molar-refractivity contribution in [1.29, 1.82) is 0 Å². The van der Waals surface area contributed by atoms with Gasteiger partial charge in [0.1, 0.15) is 18.0 Å². The molecule has 0 spiro atoms. The molecule has 1 saturated heterocycles. The molecule has 0 radical (unpaired) electrons. The van der Waals surface area contributed by atoms with Crippen LogP contribution in [-0.2, 0) is 6.61 Å².